The summed E-state index contributed by atoms with van der Waals surface area (Å²) < 4.78 is 10.8. The van der Waals surface area contributed by atoms with Gasteiger partial charge in [-0.2, -0.15) is 0 Å². The first-order chi connectivity index (χ1) is 8.69. The molecule has 0 saturated heterocycles. The quantitative estimate of drug-likeness (QED) is 0.903. The van der Waals surface area contributed by atoms with Crippen molar-refractivity contribution in [3.05, 3.63) is 34.7 Å². The number of rotatable bonds is 2. The molecule has 1 amide bonds. The second-order valence-corrected chi connectivity index (χ2v) is 5.03. The van der Waals surface area contributed by atoms with E-state index < -0.39 is 5.91 Å². The highest BCUT2D eigenvalue weighted by molar-refractivity contribution is 7.17. The molecule has 1 aliphatic rings. The fourth-order valence-electron chi connectivity index (χ4n) is 1.98. The summed E-state index contributed by atoms with van der Waals surface area (Å²) in [6, 6.07) is 7.46. The highest BCUT2D eigenvalue weighted by Crippen LogP contribution is 2.43. The highest BCUT2D eigenvalue weighted by atomic mass is 32.1. The Hall–Kier alpha value is -2.01. The number of carbonyl (C=O) groups is 1. The molecule has 0 radical (unpaired) electrons. The fraction of sp³-hybridized carbons (Fsp3) is 0.154. The van der Waals surface area contributed by atoms with E-state index in [4.69, 9.17) is 15.2 Å². The maximum Gasteiger partial charge on any atom is 0.258 e. The molecule has 0 bridgehead atoms. The van der Waals surface area contributed by atoms with Gasteiger partial charge in [0.1, 0.15) is 18.1 Å². The van der Waals surface area contributed by atoms with Gasteiger partial charge in [-0.3, -0.25) is 4.79 Å². The molecule has 2 heterocycles. The number of methoxy groups -OCH3 is 1. The highest BCUT2D eigenvalue weighted by Gasteiger charge is 2.22. The summed E-state index contributed by atoms with van der Waals surface area (Å²) in [6.07, 6.45) is 0. The van der Waals surface area contributed by atoms with Gasteiger partial charge in [-0.05, 0) is 18.2 Å². The summed E-state index contributed by atoms with van der Waals surface area (Å²) in [5.74, 6) is 1.13. The molecule has 4 nitrogen and oxygen atoms in total. The van der Waals surface area contributed by atoms with Gasteiger partial charge in [-0.1, -0.05) is 0 Å². The monoisotopic (exact) mass is 261 g/mol. The van der Waals surface area contributed by atoms with E-state index in [9.17, 15) is 4.79 Å². The Bertz CT molecular complexity index is 633. The van der Waals surface area contributed by atoms with E-state index in [1.807, 2.05) is 18.2 Å². The van der Waals surface area contributed by atoms with Crippen LogP contribution in [0.4, 0.5) is 0 Å². The van der Waals surface area contributed by atoms with Crippen LogP contribution < -0.4 is 15.2 Å². The first-order valence-corrected chi connectivity index (χ1v) is 6.24. The molecule has 0 aliphatic carbocycles. The molecule has 2 aromatic rings. The van der Waals surface area contributed by atoms with Gasteiger partial charge >= 0.3 is 0 Å². The van der Waals surface area contributed by atoms with Gasteiger partial charge in [0.2, 0.25) is 0 Å². The third-order valence-corrected chi connectivity index (χ3v) is 4.09. The zero-order valence-corrected chi connectivity index (χ0v) is 10.5. The first kappa shape index (κ1) is 11.1. The van der Waals surface area contributed by atoms with Crippen molar-refractivity contribution >= 4 is 17.2 Å². The van der Waals surface area contributed by atoms with Crippen molar-refractivity contribution in [2.24, 2.45) is 5.73 Å². The maximum absolute atomic E-state index is 11.2. The minimum Gasteiger partial charge on any atom is -0.497 e. The number of amides is 1. The minimum atomic E-state index is -0.399. The molecule has 1 aromatic carbocycles. The van der Waals surface area contributed by atoms with Crippen LogP contribution in [0, 0.1) is 0 Å². The lowest BCUT2D eigenvalue weighted by molar-refractivity contribution is 0.100. The summed E-state index contributed by atoms with van der Waals surface area (Å²) in [6.45, 7) is 0.458. The number of benzene rings is 1. The van der Waals surface area contributed by atoms with Crippen LogP contribution in [0.5, 0.6) is 11.5 Å². The molecule has 18 heavy (non-hydrogen) atoms. The molecule has 0 fully saturated rings. The van der Waals surface area contributed by atoms with Crippen LogP contribution in [0.3, 0.4) is 0 Å². The van der Waals surface area contributed by atoms with Crippen LogP contribution in [0.25, 0.3) is 10.4 Å². The predicted molar refractivity (Wildman–Crippen MR) is 69.2 cm³/mol. The Kier molecular flexibility index (Phi) is 2.48. The minimum absolute atomic E-state index is 0.399. The van der Waals surface area contributed by atoms with Gasteiger partial charge in [0, 0.05) is 22.1 Å². The molecule has 2 N–H and O–H groups in total. The second-order valence-electron chi connectivity index (χ2n) is 3.98. The lowest BCUT2D eigenvalue weighted by Gasteiger charge is -2.18. The van der Waals surface area contributed by atoms with Crippen molar-refractivity contribution in [1.82, 2.24) is 0 Å². The van der Waals surface area contributed by atoms with Crippen molar-refractivity contribution in [3.8, 4) is 21.9 Å². The Labute approximate surface area is 108 Å². The summed E-state index contributed by atoms with van der Waals surface area (Å²) in [5, 5.41) is 0. The Morgan fingerprint density at radius 1 is 1.44 bits per heavy atom. The number of nitrogens with two attached hydrogens (primary N) is 1. The van der Waals surface area contributed by atoms with E-state index in [0.717, 1.165) is 27.5 Å². The van der Waals surface area contributed by atoms with Crippen molar-refractivity contribution < 1.29 is 14.3 Å². The molecule has 0 unspecified atom stereocenters. The van der Waals surface area contributed by atoms with Gasteiger partial charge in [0.15, 0.2) is 0 Å². The van der Waals surface area contributed by atoms with E-state index in [1.165, 1.54) is 11.3 Å². The summed E-state index contributed by atoms with van der Waals surface area (Å²) in [4.78, 5) is 12.8. The summed E-state index contributed by atoms with van der Waals surface area (Å²) in [7, 11) is 1.62. The van der Waals surface area contributed by atoms with Gasteiger partial charge in [0.05, 0.1) is 12.0 Å². The standard InChI is InChI=1S/C13H11NO3S/c1-16-8-2-3-9-10(5-8)17-6-7-4-11(13(14)15)18-12(7)9/h2-5H,6H2,1H3,(H2,14,15). The van der Waals surface area contributed by atoms with Crippen LogP contribution in [-0.2, 0) is 6.61 Å². The third-order valence-electron chi connectivity index (χ3n) is 2.87. The number of hydrogen-bond donors (Lipinski definition) is 1. The van der Waals surface area contributed by atoms with Crippen molar-refractivity contribution in [2.45, 2.75) is 6.61 Å². The van der Waals surface area contributed by atoms with E-state index in [2.05, 4.69) is 0 Å². The van der Waals surface area contributed by atoms with E-state index in [1.54, 1.807) is 13.2 Å². The average molecular weight is 261 g/mol. The normalized spacial score (nSPS) is 12.3. The van der Waals surface area contributed by atoms with Crippen LogP contribution in [0.1, 0.15) is 15.2 Å². The predicted octanol–water partition coefficient (Wildman–Crippen LogP) is 2.41. The molecule has 5 heteroatoms. The van der Waals surface area contributed by atoms with Crippen LogP contribution >= 0.6 is 11.3 Å². The van der Waals surface area contributed by atoms with Crippen molar-refractivity contribution in [2.75, 3.05) is 7.11 Å². The Morgan fingerprint density at radius 2 is 2.28 bits per heavy atom. The van der Waals surface area contributed by atoms with E-state index in [0.29, 0.717) is 11.5 Å². The number of fused-ring (bicyclic) bond motifs is 3. The SMILES string of the molecule is COc1ccc2c(c1)OCc1cc(C(N)=O)sc1-2. The second kappa shape index (κ2) is 4.03. The lowest BCUT2D eigenvalue weighted by Crippen LogP contribution is -2.08. The number of hydrogen-bond acceptors (Lipinski definition) is 4. The Morgan fingerprint density at radius 3 is 3.00 bits per heavy atom. The molecule has 0 saturated carbocycles. The van der Waals surface area contributed by atoms with E-state index >= 15 is 0 Å². The molecule has 0 spiro atoms. The smallest absolute Gasteiger partial charge is 0.258 e. The molecule has 1 aliphatic heterocycles. The topological polar surface area (TPSA) is 61.6 Å². The number of primary amides is 1. The van der Waals surface area contributed by atoms with Crippen LogP contribution in [-0.4, -0.2) is 13.0 Å². The summed E-state index contributed by atoms with van der Waals surface area (Å²) in [5.41, 5.74) is 7.29. The molecule has 1 aromatic heterocycles. The van der Waals surface area contributed by atoms with E-state index in [-0.39, 0.29) is 0 Å². The lowest BCUT2D eigenvalue weighted by atomic mass is 10.1. The van der Waals surface area contributed by atoms with Gasteiger partial charge in [-0.25, -0.2) is 0 Å². The van der Waals surface area contributed by atoms with Crippen molar-refractivity contribution in [1.29, 1.82) is 0 Å². The van der Waals surface area contributed by atoms with Crippen molar-refractivity contribution in [3.63, 3.8) is 0 Å². The summed E-state index contributed by atoms with van der Waals surface area (Å²) >= 11 is 1.40. The average Bonchev–Trinajstić information content (AvgIpc) is 2.82. The van der Waals surface area contributed by atoms with Crippen LogP contribution in [0.2, 0.25) is 0 Å². The molecule has 3 rings (SSSR count). The number of thiophene rings is 1. The number of carbonyl (C=O) groups excluding carboxylic acids is 1. The first-order valence-electron chi connectivity index (χ1n) is 5.43. The van der Waals surface area contributed by atoms with Gasteiger partial charge < -0.3 is 15.2 Å². The van der Waals surface area contributed by atoms with Gasteiger partial charge in [0.25, 0.3) is 5.91 Å². The van der Waals surface area contributed by atoms with Gasteiger partial charge in [-0.15, -0.1) is 11.3 Å². The molecule has 92 valence electrons. The Balaban J connectivity index is 2.13. The third kappa shape index (κ3) is 1.64. The molecular weight excluding hydrogens is 250 g/mol. The zero-order valence-electron chi connectivity index (χ0n) is 9.73. The fourth-order valence-corrected chi connectivity index (χ4v) is 3.03. The molecular formula is C13H11NO3S. The largest absolute Gasteiger partial charge is 0.497 e. The van der Waals surface area contributed by atoms with Crippen LogP contribution in [0.15, 0.2) is 24.3 Å². The number of ether oxygens (including phenoxy) is 2. The molecule has 0 atom stereocenters. The zero-order chi connectivity index (χ0) is 12.7. The maximum atomic E-state index is 11.2.